The SMILES string of the molecule is CCCCNC(=O)[C@@H](Cc1ccccc1)N(Cc1ccc(Cl)cc1Cl)C(=O)CN(c1cccc(C(F)(F)F)c1)S(C)(=O)=O. The number of hydrogen-bond acceptors (Lipinski definition) is 4. The molecule has 3 rings (SSSR count). The molecule has 0 aliphatic rings. The van der Waals surface area contributed by atoms with Crippen LogP contribution in [0.5, 0.6) is 0 Å². The summed E-state index contributed by atoms with van der Waals surface area (Å²) in [5.74, 6) is -1.29. The van der Waals surface area contributed by atoms with Crippen LogP contribution in [0.3, 0.4) is 0 Å². The van der Waals surface area contributed by atoms with Crippen LogP contribution in [-0.4, -0.2) is 50.5 Å². The zero-order valence-corrected chi connectivity index (χ0v) is 25.9. The van der Waals surface area contributed by atoms with E-state index in [9.17, 15) is 31.2 Å². The molecule has 43 heavy (non-hydrogen) atoms. The summed E-state index contributed by atoms with van der Waals surface area (Å²) in [7, 11) is -4.24. The minimum Gasteiger partial charge on any atom is -0.354 e. The van der Waals surface area contributed by atoms with Crippen molar-refractivity contribution in [1.29, 1.82) is 0 Å². The van der Waals surface area contributed by atoms with Gasteiger partial charge in [0.2, 0.25) is 21.8 Å². The molecule has 0 radical (unpaired) electrons. The molecule has 0 unspecified atom stereocenters. The molecule has 1 atom stereocenters. The second kappa shape index (κ2) is 14.9. The molecule has 0 fully saturated rings. The van der Waals surface area contributed by atoms with Crippen molar-refractivity contribution in [3.8, 4) is 0 Å². The van der Waals surface area contributed by atoms with Gasteiger partial charge >= 0.3 is 6.18 Å². The largest absolute Gasteiger partial charge is 0.416 e. The van der Waals surface area contributed by atoms with Crippen molar-refractivity contribution in [1.82, 2.24) is 10.2 Å². The molecule has 7 nitrogen and oxygen atoms in total. The van der Waals surface area contributed by atoms with Gasteiger partial charge in [0.05, 0.1) is 17.5 Å². The molecule has 3 aromatic rings. The van der Waals surface area contributed by atoms with E-state index in [2.05, 4.69) is 5.32 Å². The van der Waals surface area contributed by atoms with Gasteiger partial charge in [0.25, 0.3) is 0 Å². The molecular weight excluding hydrogens is 626 g/mol. The second-order valence-electron chi connectivity index (χ2n) is 9.93. The number of hydrogen-bond donors (Lipinski definition) is 1. The zero-order chi connectivity index (χ0) is 31.8. The highest BCUT2D eigenvalue weighted by Crippen LogP contribution is 2.32. The number of alkyl halides is 3. The first-order valence-corrected chi connectivity index (χ1v) is 16.0. The number of halogens is 5. The van der Waals surface area contributed by atoms with Gasteiger partial charge in [-0.25, -0.2) is 8.42 Å². The van der Waals surface area contributed by atoms with Crippen LogP contribution in [0.15, 0.2) is 72.8 Å². The molecular formula is C30H32Cl2F3N3O4S. The molecule has 3 aromatic carbocycles. The van der Waals surface area contributed by atoms with Gasteiger partial charge in [0, 0.05) is 29.6 Å². The van der Waals surface area contributed by atoms with Crippen molar-refractivity contribution < 1.29 is 31.2 Å². The number of unbranched alkanes of at least 4 members (excludes halogenated alkanes) is 1. The van der Waals surface area contributed by atoms with E-state index >= 15 is 0 Å². The van der Waals surface area contributed by atoms with Gasteiger partial charge in [-0.2, -0.15) is 13.2 Å². The average molecular weight is 659 g/mol. The van der Waals surface area contributed by atoms with Crippen LogP contribution in [-0.2, 0) is 38.8 Å². The Labute approximate surface area is 259 Å². The van der Waals surface area contributed by atoms with Crippen LogP contribution in [0.2, 0.25) is 10.0 Å². The standard InChI is InChI=1S/C30H32Cl2F3N3O4S/c1-3-4-15-36-29(40)27(16-21-9-6-5-7-10-21)37(19-22-13-14-24(31)18-26(22)32)28(39)20-38(43(2,41)42)25-12-8-11-23(17-25)30(33,34)35/h5-14,17-18,27H,3-4,15-16,19-20H2,1-2H3,(H,36,40)/t27-/m1/s1. The Bertz CT molecular complexity index is 1520. The van der Waals surface area contributed by atoms with Crippen LogP contribution in [0, 0.1) is 0 Å². The lowest BCUT2D eigenvalue weighted by molar-refractivity contribution is -0.140. The lowest BCUT2D eigenvalue weighted by Crippen LogP contribution is -2.53. The van der Waals surface area contributed by atoms with Crippen LogP contribution in [0.4, 0.5) is 18.9 Å². The number of carbonyl (C=O) groups excluding carboxylic acids is 2. The summed E-state index contributed by atoms with van der Waals surface area (Å²) < 4.78 is 66.6. The fourth-order valence-electron chi connectivity index (χ4n) is 4.34. The predicted molar refractivity (Wildman–Crippen MR) is 162 cm³/mol. The number of anilines is 1. The van der Waals surface area contributed by atoms with Gasteiger partial charge in [0.15, 0.2) is 0 Å². The smallest absolute Gasteiger partial charge is 0.354 e. The summed E-state index contributed by atoms with van der Waals surface area (Å²) in [5.41, 5.74) is -0.255. The Morgan fingerprint density at radius 2 is 1.67 bits per heavy atom. The number of rotatable bonds is 13. The van der Waals surface area contributed by atoms with Crippen molar-refractivity contribution in [2.24, 2.45) is 0 Å². The molecule has 232 valence electrons. The first kappa shape index (κ1) is 34.2. The summed E-state index contributed by atoms with van der Waals surface area (Å²) in [6, 6.07) is 16.1. The Morgan fingerprint density at radius 3 is 2.28 bits per heavy atom. The molecule has 13 heteroatoms. The number of nitrogens with zero attached hydrogens (tertiary/aromatic N) is 2. The molecule has 0 aliphatic heterocycles. The molecule has 0 saturated heterocycles. The Morgan fingerprint density at radius 1 is 0.977 bits per heavy atom. The van der Waals surface area contributed by atoms with E-state index in [4.69, 9.17) is 23.2 Å². The van der Waals surface area contributed by atoms with E-state index in [1.165, 1.54) is 17.0 Å². The van der Waals surface area contributed by atoms with Crippen molar-refractivity contribution in [2.75, 3.05) is 23.7 Å². The molecule has 0 bridgehead atoms. The third-order valence-electron chi connectivity index (χ3n) is 6.60. The van der Waals surface area contributed by atoms with Crippen molar-refractivity contribution in [3.63, 3.8) is 0 Å². The Hall–Kier alpha value is -3.28. The lowest BCUT2D eigenvalue weighted by atomic mass is 10.0. The number of nitrogens with one attached hydrogen (secondary N) is 1. The third-order valence-corrected chi connectivity index (χ3v) is 8.32. The minimum absolute atomic E-state index is 0.0815. The average Bonchev–Trinajstić information content (AvgIpc) is 2.94. The van der Waals surface area contributed by atoms with Crippen molar-refractivity contribution in [3.05, 3.63) is 99.5 Å². The van der Waals surface area contributed by atoms with Gasteiger partial charge in [-0.05, 0) is 47.9 Å². The van der Waals surface area contributed by atoms with E-state index in [1.807, 2.05) is 6.92 Å². The van der Waals surface area contributed by atoms with E-state index in [0.717, 1.165) is 30.4 Å². The predicted octanol–water partition coefficient (Wildman–Crippen LogP) is 6.33. The summed E-state index contributed by atoms with van der Waals surface area (Å²) in [6.07, 6.45) is -2.36. The van der Waals surface area contributed by atoms with Crippen molar-refractivity contribution >= 4 is 50.7 Å². The monoisotopic (exact) mass is 657 g/mol. The lowest BCUT2D eigenvalue weighted by Gasteiger charge is -2.33. The summed E-state index contributed by atoms with van der Waals surface area (Å²) in [4.78, 5) is 28.8. The number of carbonyl (C=O) groups is 2. The topological polar surface area (TPSA) is 86.8 Å². The first-order chi connectivity index (χ1) is 20.2. The van der Waals surface area contributed by atoms with Gasteiger partial charge in [-0.1, -0.05) is 79.0 Å². The Kier molecular flexibility index (Phi) is 11.9. The normalized spacial score (nSPS) is 12.4. The van der Waals surface area contributed by atoms with Crippen LogP contribution >= 0.6 is 23.2 Å². The molecule has 0 aromatic heterocycles. The summed E-state index contributed by atoms with van der Waals surface area (Å²) >= 11 is 12.5. The van der Waals surface area contributed by atoms with E-state index in [0.29, 0.717) is 33.9 Å². The number of sulfonamides is 1. The summed E-state index contributed by atoms with van der Waals surface area (Å²) in [5, 5.41) is 3.41. The fraction of sp³-hybridized carbons (Fsp3) is 0.333. The van der Waals surface area contributed by atoms with Crippen LogP contribution in [0.1, 0.15) is 36.5 Å². The van der Waals surface area contributed by atoms with E-state index in [1.54, 1.807) is 42.5 Å². The number of benzene rings is 3. The van der Waals surface area contributed by atoms with E-state index < -0.39 is 46.2 Å². The van der Waals surface area contributed by atoms with E-state index in [-0.39, 0.29) is 23.7 Å². The zero-order valence-electron chi connectivity index (χ0n) is 23.6. The molecule has 1 N–H and O–H groups in total. The molecule has 2 amide bonds. The maximum atomic E-state index is 14.1. The highest BCUT2D eigenvalue weighted by atomic mass is 35.5. The Balaban J connectivity index is 2.09. The highest BCUT2D eigenvalue weighted by Gasteiger charge is 2.35. The number of amides is 2. The maximum Gasteiger partial charge on any atom is 0.416 e. The molecule has 0 saturated carbocycles. The first-order valence-electron chi connectivity index (χ1n) is 13.4. The fourth-order valence-corrected chi connectivity index (χ4v) is 5.65. The van der Waals surface area contributed by atoms with Gasteiger partial charge in [-0.15, -0.1) is 0 Å². The van der Waals surface area contributed by atoms with Gasteiger partial charge in [-0.3, -0.25) is 13.9 Å². The molecule has 0 aliphatic carbocycles. The summed E-state index contributed by atoms with van der Waals surface area (Å²) in [6.45, 7) is 1.25. The highest BCUT2D eigenvalue weighted by molar-refractivity contribution is 7.92. The minimum atomic E-state index is -4.74. The third kappa shape index (κ3) is 9.87. The quantitative estimate of drug-likeness (QED) is 0.218. The van der Waals surface area contributed by atoms with Gasteiger partial charge in [0.1, 0.15) is 12.6 Å². The maximum absolute atomic E-state index is 14.1. The molecule has 0 spiro atoms. The van der Waals surface area contributed by atoms with Gasteiger partial charge < -0.3 is 10.2 Å². The van der Waals surface area contributed by atoms with Crippen LogP contribution in [0.25, 0.3) is 0 Å². The van der Waals surface area contributed by atoms with Crippen LogP contribution < -0.4 is 9.62 Å². The second-order valence-corrected chi connectivity index (χ2v) is 12.7. The molecule has 0 heterocycles. The van der Waals surface area contributed by atoms with Crippen molar-refractivity contribution in [2.45, 2.75) is 44.9 Å².